The second-order valence-corrected chi connectivity index (χ2v) is 10.4. The average molecular weight is 642 g/mol. The maximum atomic E-state index is 12.3. The van der Waals surface area contributed by atoms with E-state index in [1.807, 2.05) is 4.90 Å². The van der Waals surface area contributed by atoms with Crippen LogP contribution in [0.2, 0.25) is 0 Å². The van der Waals surface area contributed by atoms with Crippen LogP contribution in [0.4, 0.5) is 0 Å². The SMILES string of the molecule is O=C(NC[C@H](O)CO)c1ccc(CN(Cc2ccc(C(=O)NC[C@H](O)CO)cn2)Cc2ccc(C(=O)NC[C@H](O)CO)cn2)nc1. The van der Waals surface area contributed by atoms with Crippen LogP contribution in [0.5, 0.6) is 0 Å². The molecule has 0 aliphatic rings. The second kappa shape index (κ2) is 18.5. The average Bonchev–Trinajstić information content (AvgIpc) is 3.08. The Morgan fingerprint density at radius 2 is 0.826 bits per heavy atom. The van der Waals surface area contributed by atoms with Gasteiger partial charge in [-0.3, -0.25) is 34.2 Å². The largest absolute Gasteiger partial charge is 0.394 e. The number of hydrogen-bond donors (Lipinski definition) is 9. The summed E-state index contributed by atoms with van der Waals surface area (Å²) in [5.74, 6) is -1.37. The lowest BCUT2D eigenvalue weighted by atomic mass is 10.2. The fourth-order valence-corrected chi connectivity index (χ4v) is 3.94. The minimum Gasteiger partial charge on any atom is -0.394 e. The first-order valence-electron chi connectivity index (χ1n) is 14.4. The van der Waals surface area contributed by atoms with Crippen LogP contribution in [-0.4, -0.2) is 126 Å². The molecule has 3 heterocycles. The van der Waals surface area contributed by atoms with E-state index in [0.29, 0.717) is 36.7 Å². The summed E-state index contributed by atoms with van der Waals surface area (Å²) in [5, 5.41) is 62.7. The highest BCUT2D eigenvalue weighted by Gasteiger charge is 2.16. The van der Waals surface area contributed by atoms with E-state index in [9.17, 15) is 29.7 Å². The first-order chi connectivity index (χ1) is 22.1. The smallest absolute Gasteiger partial charge is 0.252 e. The van der Waals surface area contributed by atoms with Crippen molar-refractivity contribution in [2.45, 2.75) is 37.9 Å². The van der Waals surface area contributed by atoms with E-state index < -0.39 is 55.9 Å². The van der Waals surface area contributed by atoms with E-state index in [2.05, 4.69) is 30.9 Å². The van der Waals surface area contributed by atoms with Crippen molar-refractivity contribution in [3.8, 4) is 0 Å². The Hall–Kier alpha value is -4.42. The van der Waals surface area contributed by atoms with Crippen LogP contribution in [0.1, 0.15) is 48.2 Å². The summed E-state index contributed by atoms with van der Waals surface area (Å²) in [6, 6.07) is 9.77. The van der Waals surface area contributed by atoms with Gasteiger partial charge in [0.1, 0.15) is 0 Å². The highest BCUT2D eigenvalue weighted by atomic mass is 16.3. The molecule has 0 aromatic carbocycles. The third-order valence-corrected chi connectivity index (χ3v) is 6.54. The summed E-state index contributed by atoms with van der Waals surface area (Å²) in [4.78, 5) is 52.1. The highest BCUT2D eigenvalue weighted by molar-refractivity contribution is 5.94. The summed E-state index contributed by atoms with van der Waals surface area (Å²) in [7, 11) is 0. The molecule has 3 aromatic heterocycles. The van der Waals surface area contributed by atoms with Gasteiger partial charge in [0.15, 0.2) is 0 Å². The number of carbonyl (C=O) groups is 3. The van der Waals surface area contributed by atoms with Crippen LogP contribution in [0.25, 0.3) is 0 Å². The van der Waals surface area contributed by atoms with E-state index in [1.54, 1.807) is 36.4 Å². The van der Waals surface area contributed by atoms with Gasteiger partial charge in [0, 0.05) is 57.9 Å². The van der Waals surface area contributed by atoms with Crippen LogP contribution in [0, 0.1) is 0 Å². The third kappa shape index (κ3) is 11.8. The van der Waals surface area contributed by atoms with Crippen molar-refractivity contribution in [3.63, 3.8) is 0 Å². The highest BCUT2D eigenvalue weighted by Crippen LogP contribution is 2.13. The number of aromatic nitrogens is 3. The van der Waals surface area contributed by atoms with Crippen molar-refractivity contribution in [1.29, 1.82) is 0 Å². The number of carbonyl (C=O) groups excluding carboxylic acids is 3. The van der Waals surface area contributed by atoms with Crippen LogP contribution < -0.4 is 16.0 Å². The Morgan fingerprint density at radius 1 is 0.543 bits per heavy atom. The van der Waals surface area contributed by atoms with E-state index >= 15 is 0 Å². The minimum atomic E-state index is -1.07. The maximum Gasteiger partial charge on any atom is 0.252 e. The number of pyridine rings is 3. The molecule has 248 valence electrons. The molecule has 0 aliphatic carbocycles. The van der Waals surface area contributed by atoms with Gasteiger partial charge in [-0.15, -0.1) is 0 Å². The zero-order valence-corrected chi connectivity index (χ0v) is 25.0. The van der Waals surface area contributed by atoms with E-state index in [4.69, 9.17) is 15.3 Å². The van der Waals surface area contributed by atoms with Gasteiger partial charge in [0.25, 0.3) is 17.7 Å². The van der Waals surface area contributed by atoms with E-state index in [1.165, 1.54) is 18.6 Å². The van der Waals surface area contributed by atoms with Crippen LogP contribution in [0.3, 0.4) is 0 Å². The molecule has 0 aliphatic heterocycles. The van der Waals surface area contributed by atoms with Gasteiger partial charge in [0.2, 0.25) is 0 Å². The molecule has 9 N–H and O–H groups in total. The Bertz CT molecular complexity index is 1220. The molecule has 0 fully saturated rings. The molecule has 16 nitrogen and oxygen atoms in total. The predicted octanol–water partition coefficient (Wildman–Crippen LogP) is -2.68. The number of aliphatic hydroxyl groups excluding tert-OH is 6. The lowest BCUT2D eigenvalue weighted by Crippen LogP contribution is -2.34. The van der Waals surface area contributed by atoms with Crippen LogP contribution in [0.15, 0.2) is 55.0 Å². The van der Waals surface area contributed by atoms with Gasteiger partial charge in [-0.25, -0.2) is 0 Å². The van der Waals surface area contributed by atoms with Gasteiger partial charge < -0.3 is 46.6 Å². The second-order valence-electron chi connectivity index (χ2n) is 10.4. The van der Waals surface area contributed by atoms with Crippen molar-refractivity contribution in [3.05, 3.63) is 88.8 Å². The first-order valence-corrected chi connectivity index (χ1v) is 14.4. The van der Waals surface area contributed by atoms with Gasteiger partial charge in [-0.05, 0) is 36.4 Å². The molecule has 0 unspecified atom stereocenters. The summed E-state index contributed by atoms with van der Waals surface area (Å²) >= 11 is 0. The Kier molecular flexibility index (Phi) is 14.5. The van der Waals surface area contributed by atoms with Crippen molar-refractivity contribution < 1.29 is 45.0 Å². The number of nitrogens with zero attached hydrogens (tertiary/aromatic N) is 4. The molecule has 3 aromatic rings. The number of rotatable bonds is 18. The minimum absolute atomic E-state index is 0.110. The van der Waals surface area contributed by atoms with Crippen LogP contribution in [-0.2, 0) is 19.6 Å². The molecule has 3 amide bonds. The molecule has 3 rings (SSSR count). The monoisotopic (exact) mass is 641 g/mol. The van der Waals surface area contributed by atoms with Crippen molar-refractivity contribution >= 4 is 17.7 Å². The normalized spacial score (nSPS) is 13.1. The quantitative estimate of drug-likeness (QED) is 0.0688. The Balaban J connectivity index is 1.72. The summed E-state index contributed by atoms with van der Waals surface area (Å²) in [6.07, 6.45) is 0.971. The molecule has 0 spiro atoms. The Morgan fingerprint density at radius 3 is 1.04 bits per heavy atom. The third-order valence-electron chi connectivity index (χ3n) is 6.54. The van der Waals surface area contributed by atoms with Crippen LogP contribution >= 0.6 is 0 Å². The fourth-order valence-electron chi connectivity index (χ4n) is 3.94. The molecule has 0 saturated heterocycles. The summed E-state index contributed by atoms with van der Waals surface area (Å²) in [5.41, 5.74) is 2.65. The van der Waals surface area contributed by atoms with Gasteiger partial charge in [-0.2, -0.15) is 0 Å². The van der Waals surface area contributed by atoms with Crippen molar-refractivity contribution in [2.75, 3.05) is 39.5 Å². The topological polar surface area (TPSA) is 251 Å². The first kappa shape index (κ1) is 36.1. The molecule has 3 atom stereocenters. The predicted molar refractivity (Wildman–Crippen MR) is 162 cm³/mol. The molecule has 16 heteroatoms. The molecular weight excluding hydrogens is 602 g/mol. The van der Waals surface area contributed by atoms with E-state index in [0.717, 1.165) is 0 Å². The van der Waals surface area contributed by atoms with Gasteiger partial charge >= 0.3 is 0 Å². The number of nitrogens with one attached hydrogen (secondary N) is 3. The maximum absolute atomic E-state index is 12.3. The zero-order valence-electron chi connectivity index (χ0n) is 25.0. The lowest BCUT2D eigenvalue weighted by Gasteiger charge is -2.22. The molecule has 0 radical (unpaired) electrons. The van der Waals surface area contributed by atoms with Crippen molar-refractivity contribution in [2.24, 2.45) is 0 Å². The standard InChI is InChI=1S/C30H39N7O9/c38-16-25(41)10-34-28(44)19-1-4-22(31-7-19)13-37(14-23-5-2-20(8-32-23)29(45)35-11-26(42)17-39)15-24-6-3-21(9-33-24)30(46)36-12-27(43)18-40/h1-9,25-27,38-43H,10-18H2,(H,34,44)(H,35,45)(H,36,46)/t25-,26-,27-/m0/s1. The molecular formula is C30H39N7O9. The van der Waals surface area contributed by atoms with E-state index in [-0.39, 0.29) is 36.3 Å². The summed E-state index contributed by atoms with van der Waals surface area (Å²) < 4.78 is 0. The van der Waals surface area contributed by atoms with Crippen molar-refractivity contribution in [1.82, 2.24) is 35.8 Å². The Labute approximate surface area is 264 Å². The number of aliphatic hydroxyl groups is 6. The molecule has 0 saturated carbocycles. The fraction of sp³-hybridized carbons (Fsp3) is 0.400. The van der Waals surface area contributed by atoms with Gasteiger partial charge in [0.05, 0.1) is 71.9 Å². The number of hydrogen-bond acceptors (Lipinski definition) is 13. The lowest BCUT2D eigenvalue weighted by molar-refractivity contribution is 0.0798. The number of amides is 3. The molecule has 46 heavy (non-hydrogen) atoms. The van der Waals surface area contributed by atoms with Gasteiger partial charge in [-0.1, -0.05) is 0 Å². The zero-order chi connectivity index (χ0) is 33.5. The summed E-state index contributed by atoms with van der Waals surface area (Å²) in [6.45, 7) is -0.862. The molecule has 0 bridgehead atoms.